The SMILES string of the molecule is COCCOc1ccc(C(C)NC(=O)[C@@H]2CC[C@H](CN)O2)cc1OC. The highest BCUT2D eigenvalue weighted by Crippen LogP contribution is 2.30. The minimum Gasteiger partial charge on any atom is -0.493 e. The van der Waals surface area contributed by atoms with Crippen LogP contribution in [0.2, 0.25) is 0 Å². The summed E-state index contributed by atoms with van der Waals surface area (Å²) >= 11 is 0. The van der Waals surface area contributed by atoms with E-state index in [0.29, 0.717) is 37.7 Å². The van der Waals surface area contributed by atoms with Crippen molar-refractivity contribution in [3.63, 3.8) is 0 Å². The number of benzene rings is 1. The molecule has 1 heterocycles. The van der Waals surface area contributed by atoms with Crippen LogP contribution in [-0.2, 0) is 14.3 Å². The van der Waals surface area contributed by atoms with Crippen LogP contribution in [0.5, 0.6) is 11.5 Å². The standard InChI is InChI=1S/C18H28N2O5/c1-12(20-18(21)16-7-5-14(11-19)25-16)13-4-6-15(17(10-13)23-3)24-9-8-22-2/h4,6,10,12,14,16H,5,7-9,11,19H2,1-3H3,(H,20,21)/t12?,14-,16+/m1/s1. The lowest BCUT2D eigenvalue weighted by Gasteiger charge is -2.19. The van der Waals surface area contributed by atoms with E-state index >= 15 is 0 Å². The van der Waals surface area contributed by atoms with Crippen LogP contribution < -0.4 is 20.5 Å². The van der Waals surface area contributed by atoms with Crippen molar-refractivity contribution >= 4 is 5.91 Å². The first-order valence-electron chi connectivity index (χ1n) is 8.54. The zero-order valence-corrected chi connectivity index (χ0v) is 15.1. The van der Waals surface area contributed by atoms with Crippen molar-refractivity contribution in [2.75, 3.05) is 34.0 Å². The van der Waals surface area contributed by atoms with Gasteiger partial charge in [0.1, 0.15) is 12.7 Å². The van der Waals surface area contributed by atoms with Crippen molar-refractivity contribution in [1.82, 2.24) is 5.32 Å². The Morgan fingerprint density at radius 1 is 1.32 bits per heavy atom. The van der Waals surface area contributed by atoms with Crippen LogP contribution in [0.4, 0.5) is 0 Å². The van der Waals surface area contributed by atoms with Crippen molar-refractivity contribution in [1.29, 1.82) is 0 Å². The van der Waals surface area contributed by atoms with Crippen LogP contribution in [0.1, 0.15) is 31.4 Å². The Morgan fingerprint density at radius 2 is 2.12 bits per heavy atom. The van der Waals surface area contributed by atoms with Gasteiger partial charge in [0, 0.05) is 13.7 Å². The Morgan fingerprint density at radius 3 is 2.76 bits per heavy atom. The summed E-state index contributed by atoms with van der Waals surface area (Å²) in [6.45, 7) is 3.32. The van der Waals surface area contributed by atoms with Crippen molar-refractivity contribution in [3.05, 3.63) is 23.8 Å². The molecule has 0 bridgehead atoms. The topological polar surface area (TPSA) is 92.0 Å². The summed E-state index contributed by atoms with van der Waals surface area (Å²) in [5.74, 6) is 1.16. The molecular formula is C18H28N2O5. The third kappa shape index (κ3) is 5.32. The number of hydrogen-bond acceptors (Lipinski definition) is 6. The maximum Gasteiger partial charge on any atom is 0.249 e. The lowest BCUT2D eigenvalue weighted by atomic mass is 10.1. The zero-order chi connectivity index (χ0) is 18.2. The van der Waals surface area contributed by atoms with Gasteiger partial charge in [-0.15, -0.1) is 0 Å². The molecule has 140 valence electrons. The Balaban J connectivity index is 1.96. The van der Waals surface area contributed by atoms with E-state index < -0.39 is 6.10 Å². The molecule has 7 nitrogen and oxygen atoms in total. The monoisotopic (exact) mass is 352 g/mol. The van der Waals surface area contributed by atoms with Crippen LogP contribution >= 0.6 is 0 Å². The summed E-state index contributed by atoms with van der Waals surface area (Å²) in [5, 5.41) is 2.98. The predicted octanol–water partition coefficient (Wildman–Crippen LogP) is 1.40. The molecule has 1 amide bonds. The molecule has 0 saturated carbocycles. The number of ether oxygens (including phenoxy) is 4. The molecular weight excluding hydrogens is 324 g/mol. The molecule has 0 aliphatic carbocycles. The normalized spacial score (nSPS) is 21.0. The van der Waals surface area contributed by atoms with E-state index in [9.17, 15) is 4.79 Å². The average molecular weight is 352 g/mol. The average Bonchev–Trinajstić information content (AvgIpc) is 3.11. The number of hydrogen-bond donors (Lipinski definition) is 2. The highest BCUT2D eigenvalue weighted by Gasteiger charge is 2.30. The molecule has 25 heavy (non-hydrogen) atoms. The number of carbonyl (C=O) groups excluding carboxylic acids is 1. The fourth-order valence-corrected chi connectivity index (χ4v) is 2.77. The molecule has 1 aromatic rings. The van der Waals surface area contributed by atoms with Crippen LogP contribution in [0.3, 0.4) is 0 Å². The minimum atomic E-state index is -0.422. The van der Waals surface area contributed by atoms with Crippen LogP contribution in [0.25, 0.3) is 0 Å². The van der Waals surface area contributed by atoms with E-state index in [-0.39, 0.29) is 18.1 Å². The third-order valence-electron chi connectivity index (χ3n) is 4.25. The third-order valence-corrected chi connectivity index (χ3v) is 4.25. The van der Waals surface area contributed by atoms with E-state index in [1.54, 1.807) is 14.2 Å². The van der Waals surface area contributed by atoms with Gasteiger partial charge in [-0.25, -0.2) is 0 Å². The Labute approximate surface area is 148 Å². The fourth-order valence-electron chi connectivity index (χ4n) is 2.77. The van der Waals surface area contributed by atoms with Crippen LogP contribution in [-0.4, -0.2) is 52.1 Å². The molecule has 1 aromatic carbocycles. The van der Waals surface area contributed by atoms with Crippen molar-refractivity contribution in [3.8, 4) is 11.5 Å². The first-order valence-corrected chi connectivity index (χ1v) is 8.54. The van der Waals surface area contributed by atoms with E-state index in [4.69, 9.17) is 24.7 Å². The Kier molecular flexibility index (Phi) is 7.49. The van der Waals surface area contributed by atoms with Crippen molar-refractivity contribution in [2.45, 2.75) is 38.0 Å². The smallest absolute Gasteiger partial charge is 0.249 e. The highest BCUT2D eigenvalue weighted by molar-refractivity contribution is 5.81. The molecule has 7 heteroatoms. The summed E-state index contributed by atoms with van der Waals surface area (Å²) in [6, 6.07) is 5.44. The second-order valence-electron chi connectivity index (χ2n) is 6.04. The number of carbonyl (C=O) groups is 1. The molecule has 3 atom stereocenters. The minimum absolute atomic E-state index is 0.0188. The largest absolute Gasteiger partial charge is 0.493 e. The summed E-state index contributed by atoms with van der Waals surface area (Å²) in [5.41, 5.74) is 6.52. The zero-order valence-electron chi connectivity index (χ0n) is 15.1. The van der Waals surface area contributed by atoms with E-state index in [2.05, 4.69) is 5.32 Å². The van der Waals surface area contributed by atoms with Gasteiger partial charge in [-0.2, -0.15) is 0 Å². The van der Waals surface area contributed by atoms with Gasteiger partial charge in [-0.05, 0) is 37.5 Å². The van der Waals surface area contributed by atoms with E-state index in [1.165, 1.54) is 0 Å². The number of nitrogens with two attached hydrogens (primary N) is 1. The highest BCUT2D eigenvalue weighted by atomic mass is 16.5. The summed E-state index contributed by atoms with van der Waals surface area (Å²) in [7, 11) is 3.21. The molecule has 1 aliphatic heterocycles. The summed E-state index contributed by atoms with van der Waals surface area (Å²) < 4.78 is 21.6. The molecule has 1 saturated heterocycles. The number of nitrogens with one attached hydrogen (secondary N) is 1. The van der Waals surface area contributed by atoms with Crippen LogP contribution in [0.15, 0.2) is 18.2 Å². The quantitative estimate of drug-likeness (QED) is 0.653. The van der Waals surface area contributed by atoms with Gasteiger partial charge in [0.25, 0.3) is 0 Å². The van der Waals surface area contributed by atoms with E-state index in [1.807, 2.05) is 25.1 Å². The Hall–Kier alpha value is -1.83. The molecule has 0 radical (unpaired) electrons. The summed E-state index contributed by atoms with van der Waals surface area (Å²) in [6.07, 6.45) is 1.09. The summed E-state index contributed by atoms with van der Waals surface area (Å²) in [4.78, 5) is 12.3. The maximum absolute atomic E-state index is 12.3. The molecule has 0 aromatic heterocycles. The first-order chi connectivity index (χ1) is 12.1. The van der Waals surface area contributed by atoms with Gasteiger partial charge in [-0.3, -0.25) is 4.79 Å². The van der Waals surface area contributed by atoms with Gasteiger partial charge < -0.3 is 30.0 Å². The first kappa shape index (κ1) is 19.5. The van der Waals surface area contributed by atoms with E-state index in [0.717, 1.165) is 12.0 Å². The molecule has 1 unspecified atom stereocenters. The number of amides is 1. The number of methoxy groups -OCH3 is 2. The molecule has 2 rings (SSSR count). The second-order valence-corrected chi connectivity index (χ2v) is 6.04. The number of rotatable bonds is 9. The fraction of sp³-hybridized carbons (Fsp3) is 0.611. The Bertz CT molecular complexity index is 566. The van der Waals surface area contributed by atoms with Crippen molar-refractivity contribution in [2.24, 2.45) is 5.73 Å². The lowest BCUT2D eigenvalue weighted by molar-refractivity contribution is -0.132. The van der Waals surface area contributed by atoms with Crippen molar-refractivity contribution < 1.29 is 23.7 Å². The lowest BCUT2D eigenvalue weighted by Crippen LogP contribution is -2.37. The molecule has 0 spiro atoms. The van der Waals surface area contributed by atoms with Crippen LogP contribution in [0, 0.1) is 0 Å². The molecule has 3 N–H and O–H groups in total. The molecule has 1 fully saturated rings. The maximum atomic E-state index is 12.3. The molecule has 1 aliphatic rings. The van der Waals surface area contributed by atoms with Gasteiger partial charge in [-0.1, -0.05) is 6.07 Å². The van der Waals surface area contributed by atoms with Gasteiger partial charge in [0.15, 0.2) is 11.5 Å². The van der Waals surface area contributed by atoms with Gasteiger partial charge in [0.2, 0.25) is 5.91 Å². The van der Waals surface area contributed by atoms with Gasteiger partial charge in [0.05, 0.1) is 25.9 Å². The second kappa shape index (κ2) is 9.60. The predicted molar refractivity (Wildman–Crippen MR) is 93.9 cm³/mol. The van der Waals surface area contributed by atoms with Gasteiger partial charge >= 0.3 is 0 Å².